The number of anilines is 2. The summed E-state index contributed by atoms with van der Waals surface area (Å²) in [5, 5.41) is 3.74. The second-order valence-electron chi connectivity index (χ2n) is 4.77. The van der Waals surface area contributed by atoms with Gasteiger partial charge in [0.15, 0.2) is 11.6 Å². The van der Waals surface area contributed by atoms with Crippen LogP contribution in [0, 0.1) is 5.82 Å². The predicted molar refractivity (Wildman–Crippen MR) is 84.3 cm³/mol. The first-order chi connectivity index (χ1) is 10.1. The number of hydrogen-bond donors (Lipinski definition) is 1. The highest BCUT2D eigenvalue weighted by Gasteiger charge is 2.12. The second-order valence-corrected chi connectivity index (χ2v) is 5.21. The molecule has 21 heavy (non-hydrogen) atoms. The molecule has 112 valence electrons. The first-order valence-corrected chi connectivity index (χ1v) is 7.20. The van der Waals surface area contributed by atoms with E-state index in [1.54, 1.807) is 11.9 Å². The third kappa shape index (κ3) is 4.29. The van der Waals surface area contributed by atoms with Crippen molar-refractivity contribution in [2.75, 3.05) is 23.8 Å². The van der Waals surface area contributed by atoms with Gasteiger partial charge < -0.3 is 10.2 Å². The van der Waals surface area contributed by atoms with Crippen LogP contribution >= 0.6 is 11.6 Å². The highest BCUT2D eigenvalue weighted by molar-refractivity contribution is 6.30. The predicted octanol–water partition coefficient (Wildman–Crippen LogP) is 3.73. The quantitative estimate of drug-likeness (QED) is 0.883. The van der Waals surface area contributed by atoms with Crippen LogP contribution in [0.25, 0.3) is 0 Å². The zero-order valence-electron chi connectivity index (χ0n) is 12.1. The maximum atomic E-state index is 13.9. The Kier molecular flexibility index (Phi) is 5.33. The molecule has 0 saturated carbocycles. The third-order valence-corrected chi connectivity index (χ3v) is 3.21. The molecule has 2 rings (SSSR count). The fourth-order valence-corrected chi connectivity index (χ4v) is 2.01. The van der Waals surface area contributed by atoms with Crippen LogP contribution in [0.4, 0.5) is 16.2 Å². The Labute approximate surface area is 129 Å². The number of nitrogens with zero attached hydrogens (tertiary/aromatic N) is 3. The molecule has 1 aromatic carbocycles. The molecule has 0 atom stereocenters. The van der Waals surface area contributed by atoms with Crippen molar-refractivity contribution in [3.05, 3.63) is 46.9 Å². The van der Waals surface area contributed by atoms with Gasteiger partial charge in [0.1, 0.15) is 0 Å². The molecule has 0 amide bonds. The fourth-order valence-electron chi connectivity index (χ4n) is 1.89. The largest absolute Gasteiger partial charge is 0.354 e. The van der Waals surface area contributed by atoms with Gasteiger partial charge in [0.2, 0.25) is 5.95 Å². The lowest BCUT2D eigenvalue weighted by atomic mass is 10.2. The van der Waals surface area contributed by atoms with E-state index in [0.29, 0.717) is 17.5 Å². The zero-order chi connectivity index (χ0) is 15.2. The van der Waals surface area contributed by atoms with Crippen molar-refractivity contribution in [1.82, 2.24) is 9.97 Å². The van der Waals surface area contributed by atoms with Gasteiger partial charge in [-0.25, -0.2) is 9.37 Å². The molecule has 0 aliphatic carbocycles. The van der Waals surface area contributed by atoms with Gasteiger partial charge >= 0.3 is 0 Å². The molecule has 0 spiro atoms. The molecular weight excluding hydrogens is 291 g/mol. The van der Waals surface area contributed by atoms with Crippen LogP contribution in [0.5, 0.6) is 0 Å². The van der Waals surface area contributed by atoms with Crippen LogP contribution in [0.2, 0.25) is 5.02 Å². The molecule has 0 unspecified atom stereocenters. The topological polar surface area (TPSA) is 41.1 Å². The first-order valence-electron chi connectivity index (χ1n) is 6.82. The van der Waals surface area contributed by atoms with Crippen molar-refractivity contribution in [3.8, 4) is 0 Å². The molecule has 1 aromatic heterocycles. The van der Waals surface area contributed by atoms with Crippen molar-refractivity contribution in [2.24, 2.45) is 0 Å². The number of halogens is 2. The molecular formula is C15H18ClFN4. The van der Waals surface area contributed by atoms with Crippen LogP contribution in [0.3, 0.4) is 0 Å². The summed E-state index contributed by atoms with van der Waals surface area (Å²) in [5.74, 6) is 0.281. The van der Waals surface area contributed by atoms with Gasteiger partial charge in [-0.15, -0.1) is 0 Å². The Morgan fingerprint density at radius 1 is 1.29 bits per heavy atom. The highest BCUT2D eigenvalue weighted by atomic mass is 35.5. The lowest BCUT2D eigenvalue weighted by Crippen LogP contribution is -2.20. The lowest BCUT2D eigenvalue weighted by Gasteiger charge is -2.19. The van der Waals surface area contributed by atoms with E-state index in [0.717, 1.165) is 18.5 Å². The molecule has 0 aliphatic heterocycles. The number of rotatable bonds is 6. The number of aromatic nitrogens is 2. The number of nitrogens with one attached hydrogen (secondary N) is 1. The lowest BCUT2D eigenvalue weighted by molar-refractivity contribution is 0.607. The maximum absolute atomic E-state index is 13.9. The summed E-state index contributed by atoms with van der Waals surface area (Å²) in [6, 6.07) is 7.45. The standard InChI is InChI=1S/C15H18ClFN4/c1-3-8-18-15-19-9-13(17)14(20-15)21(2)10-11-4-6-12(16)7-5-11/h4-7,9H,3,8,10H2,1-2H3,(H,18,19,20). The molecule has 0 radical (unpaired) electrons. The van der Waals surface area contributed by atoms with Crippen molar-refractivity contribution in [2.45, 2.75) is 19.9 Å². The Morgan fingerprint density at radius 2 is 2.00 bits per heavy atom. The summed E-state index contributed by atoms with van der Waals surface area (Å²) < 4.78 is 13.9. The Balaban J connectivity index is 2.13. The minimum Gasteiger partial charge on any atom is -0.354 e. The van der Waals surface area contributed by atoms with Gasteiger partial charge in [0.25, 0.3) is 0 Å². The summed E-state index contributed by atoms with van der Waals surface area (Å²) in [6.07, 6.45) is 2.15. The molecule has 0 bridgehead atoms. The monoisotopic (exact) mass is 308 g/mol. The smallest absolute Gasteiger partial charge is 0.224 e. The highest BCUT2D eigenvalue weighted by Crippen LogP contribution is 2.19. The Hall–Kier alpha value is -1.88. The summed E-state index contributed by atoms with van der Waals surface area (Å²) in [6.45, 7) is 3.34. The van der Waals surface area contributed by atoms with E-state index < -0.39 is 5.82 Å². The van der Waals surface area contributed by atoms with Gasteiger partial charge in [-0.3, -0.25) is 0 Å². The Morgan fingerprint density at radius 3 is 2.67 bits per heavy atom. The number of hydrogen-bond acceptors (Lipinski definition) is 4. The van der Waals surface area contributed by atoms with Gasteiger partial charge in [-0.1, -0.05) is 30.7 Å². The average molecular weight is 309 g/mol. The summed E-state index contributed by atoms with van der Waals surface area (Å²) >= 11 is 5.86. The zero-order valence-corrected chi connectivity index (χ0v) is 12.9. The minimum atomic E-state index is -0.437. The summed E-state index contributed by atoms with van der Waals surface area (Å²) in [5.41, 5.74) is 1.03. The van der Waals surface area contributed by atoms with Crippen LogP contribution in [0.1, 0.15) is 18.9 Å². The molecule has 6 heteroatoms. The molecule has 0 aliphatic rings. The van der Waals surface area contributed by atoms with Crippen molar-refractivity contribution in [3.63, 3.8) is 0 Å². The first kappa shape index (κ1) is 15.5. The molecule has 0 fully saturated rings. The van der Waals surface area contributed by atoms with E-state index in [-0.39, 0.29) is 5.82 Å². The minimum absolute atomic E-state index is 0.276. The van der Waals surface area contributed by atoms with Crippen LogP contribution in [-0.2, 0) is 6.54 Å². The SMILES string of the molecule is CCCNc1ncc(F)c(N(C)Cc2ccc(Cl)cc2)n1. The molecule has 1 heterocycles. The Bertz CT molecular complexity index is 589. The van der Waals surface area contributed by atoms with Gasteiger partial charge in [-0.2, -0.15) is 4.98 Å². The fraction of sp³-hybridized carbons (Fsp3) is 0.333. The van der Waals surface area contributed by atoms with Crippen LogP contribution in [-0.4, -0.2) is 23.6 Å². The van der Waals surface area contributed by atoms with Gasteiger partial charge in [0, 0.05) is 25.2 Å². The normalized spacial score (nSPS) is 10.5. The molecule has 1 N–H and O–H groups in total. The van der Waals surface area contributed by atoms with E-state index in [1.807, 2.05) is 31.2 Å². The maximum Gasteiger partial charge on any atom is 0.224 e. The van der Waals surface area contributed by atoms with E-state index in [4.69, 9.17) is 11.6 Å². The molecule has 0 saturated heterocycles. The van der Waals surface area contributed by atoms with E-state index >= 15 is 0 Å². The third-order valence-electron chi connectivity index (χ3n) is 2.95. The van der Waals surface area contributed by atoms with Crippen molar-refractivity contribution < 1.29 is 4.39 Å². The van der Waals surface area contributed by atoms with E-state index in [9.17, 15) is 4.39 Å². The average Bonchev–Trinajstić information content (AvgIpc) is 2.48. The van der Waals surface area contributed by atoms with E-state index in [1.165, 1.54) is 6.20 Å². The van der Waals surface area contributed by atoms with E-state index in [2.05, 4.69) is 15.3 Å². The molecule has 2 aromatic rings. The van der Waals surface area contributed by atoms with Gasteiger partial charge in [-0.05, 0) is 24.1 Å². The molecule has 4 nitrogen and oxygen atoms in total. The summed E-state index contributed by atoms with van der Waals surface area (Å²) in [4.78, 5) is 9.91. The van der Waals surface area contributed by atoms with Crippen LogP contribution < -0.4 is 10.2 Å². The second kappa shape index (κ2) is 7.22. The summed E-state index contributed by atoms with van der Waals surface area (Å²) in [7, 11) is 1.80. The van der Waals surface area contributed by atoms with Crippen LogP contribution in [0.15, 0.2) is 30.5 Å². The van der Waals surface area contributed by atoms with Gasteiger partial charge in [0.05, 0.1) is 6.20 Å². The van der Waals surface area contributed by atoms with Crippen molar-refractivity contribution >= 4 is 23.4 Å². The van der Waals surface area contributed by atoms with Crippen molar-refractivity contribution in [1.29, 1.82) is 0 Å². The number of benzene rings is 1.